The van der Waals surface area contributed by atoms with E-state index in [1.165, 1.54) is 16.7 Å². The van der Waals surface area contributed by atoms with Crippen LogP contribution in [0.5, 0.6) is 0 Å². The summed E-state index contributed by atoms with van der Waals surface area (Å²) in [6.07, 6.45) is 0. The van der Waals surface area contributed by atoms with Crippen molar-refractivity contribution < 1.29 is 0 Å². The van der Waals surface area contributed by atoms with Crippen LogP contribution < -0.4 is 0 Å². The van der Waals surface area contributed by atoms with Crippen LogP contribution in [0, 0.1) is 6.92 Å². The van der Waals surface area contributed by atoms with E-state index in [4.69, 9.17) is 0 Å². The molecule has 1 aromatic carbocycles. The molecular weight excluding hydrogens is 496 g/mol. The Morgan fingerprint density at radius 3 is 2.35 bits per heavy atom. The Bertz CT molecular complexity index is 547. The van der Waals surface area contributed by atoms with Crippen molar-refractivity contribution in [3.05, 3.63) is 53.0 Å². The second kappa shape index (κ2) is 5.87. The summed E-state index contributed by atoms with van der Waals surface area (Å²) in [5, 5.41) is 2.16. The molecular formula is C12H8Br4S. The lowest BCUT2D eigenvalue weighted by molar-refractivity contribution is 1.16. The van der Waals surface area contributed by atoms with Gasteiger partial charge >= 0.3 is 0 Å². The largest absolute Gasteiger partial charge is 0.136 e. The Kier molecular flexibility index (Phi) is 4.92. The van der Waals surface area contributed by atoms with Gasteiger partial charge in [-0.05, 0) is 63.1 Å². The number of halogens is 4. The average Bonchev–Trinajstić information content (AvgIpc) is 2.69. The predicted octanol–water partition coefficient (Wildman–Crippen LogP) is 6.83. The molecule has 0 saturated heterocycles. The van der Waals surface area contributed by atoms with Gasteiger partial charge in [-0.25, -0.2) is 0 Å². The maximum atomic E-state index is 3.75. The first kappa shape index (κ1) is 14.3. The highest BCUT2D eigenvalue weighted by Gasteiger charge is 2.16. The van der Waals surface area contributed by atoms with E-state index in [9.17, 15) is 0 Å². The van der Waals surface area contributed by atoms with Crippen LogP contribution in [-0.2, 0) is 0 Å². The van der Waals surface area contributed by atoms with E-state index >= 15 is 0 Å². The molecule has 1 unspecified atom stereocenters. The van der Waals surface area contributed by atoms with Crippen molar-refractivity contribution in [1.82, 2.24) is 0 Å². The zero-order valence-corrected chi connectivity index (χ0v) is 16.0. The highest BCUT2D eigenvalue weighted by atomic mass is 79.9. The number of alkyl halides is 1. The SMILES string of the molecule is Cc1cc(Br)c(C(Br)c2csc(Br)c2)cc1Br. The van der Waals surface area contributed by atoms with Crippen molar-refractivity contribution in [3.8, 4) is 0 Å². The summed E-state index contributed by atoms with van der Waals surface area (Å²) < 4.78 is 3.41. The quantitative estimate of drug-likeness (QED) is 0.394. The molecule has 1 heterocycles. The Morgan fingerprint density at radius 1 is 1.06 bits per heavy atom. The first-order chi connectivity index (χ1) is 7.99. The van der Waals surface area contributed by atoms with Crippen LogP contribution in [0.25, 0.3) is 0 Å². The van der Waals surface area contributed by atoms with Gasteiger partial charge in [0.2, 0.25) is 0 Å². The Balaban J connectivity index is 2.43. The van der Waals surface area contributed by atoms with E-state index < -0.39 is 0 Å². The molecule has 0 nitrogen and oxygen atoms in total. The molecule has 90 valence electrons. The van der Waals surface area contributed by atoms with Gasteiger partial charge in [0.05, 0.1) is 8.61 Å². The molecule has 0 spiro atoms. The third-order valence-electron chi connectivity index (χ3n) is 2.43. The van der Waals surface area contributed by atoms with Gasteiger partial charge < -0.3 is 0 Å². The standard InChI is InChI=1S/C12H8Br4S/c1-6-2-10(14)8(4-9(6)13)12(16)7-3-11(15)17-5-7/h2-5,12H,1H3. The van der Waals surface area contributed by atoms with Crippen molar-refractivity contribution in [1.29, 1.82) is 0 Å². The fourth-order valence-electron chi connectivity index (χ4n) is 1.49. The third kappa shape index (κ3) is 3.24. The summed E-state index contributed by atoms with van der Waals surface area (Å²) in [6, 6.07) is 6.43. The summed E-state index contributed by atoms with van der Waals surface area (Å²) >= 11 is 16.2. The Morgan fingerprint density at radius 2 is 1.76 bits per heavy atom. The minimum absolute atomic E-state index is 0.205. The number of hydrogen-bond acceptors (Lipinski definition) is 1. The molecule has 2 rings (SSSR count). The Labute approximate surface area is 138 Å². The normalized spacial score (nSPS) is 12.8. The van der Waals surface area contributed by atoms with Crippen molar-refractivity contribution in [2.24, 2.45) is 0 Å². The van der Waals surface area contributed by atoms with Crippen LogP contribution in [-0.4, -0.2) is 0 Å². The lowest BCUT2D eigenvalue weighted by atomic mass is 10.1. The van der Waals surface area contributed by atoms with Gasteiger partial charge in [0.1, 0.15) is 0 Å². The molecule has 0 aliphatic rings. The first-order valence-electron chi connectivity index (χ1n) is 4.82. The van der Waals surface area contributed by atoms with Gasteiger partial charge in [0.15, 0.2) is 0 Å². The van der Waals surface area contributed by atoms with Gasteiger partial charge in [-0.15, -0.1) is 11.3 Å². The number of thiophene rings is 1. The van der Waals surface area contributed by atoms with E-state index in [-0.39, 0.29) is 4.83 Å². The van der Waals surface area contributed by atoms with Crippen LogP contribution in [0.3, 0.4) is 0 Å². The molecule has 0 amide bonds. The minimum atomic E-state index is 0.205. The van der Waals surface area contributed by atoms with E-state index in [0.29, 0.717) is 0 Å². The highest BCUT2D eigenvalue weighted by molar-refractivity contribution is 9.11. The van der Waals surface area contributed by atoms with Gasteiger partial charge in [-0.2, -0.15) is 0 Å². The smallest absolute Gasteiger partial charge is 0.0701 e. The Hall–Kier alpha value is 0.840. The summed E-state index contributed by atoms with van der Waals surface area (Å²) in [6.45, 7) is 2.09. The molecule has 0 aliphatic carbocycles. The summed E-state index contributed by atoms with van der Waals surface area (Å²) in [5.74, 6) is 0. The summed E-state index contributed by atoms with van der Waals surface area (Å²) in [5.41, 5.74) is 3.72. The van der Waals surface area contributed by atoms with Crippen molar-refractivity contribution in [2.45, 2.75) is 11.8 Å². The number of rotatable bonds is 2. The predicted molar refractivity (Wildman–Crippen MR) is 89.4 cm³/mol. The molecule has 0 saturated carbocycles. The third-order valence-corrected chi connectivity index (χ3v) is 6.52. The van der Waals surface area contributed by atoms with Gasteiger partial charge in [0.25, 0.3) is 0 Å². The lowest BCUT2D eigenvalue weighted by Crippen LogP contribution is -1.93. The van der Waals surface area contributed by atoms with Gasteiger partial charge in [-0.3, -0.25) is 0 Å². The number of aryl methyl sites for hydroxylation is 1. The topological polar surface area (TPSA) is 0 Å². The zero-order chi connectivity index (χ0) is 12.6. The van der Waals surface area contributed by atoms with Crippen LogP contribution >= 0.6 is 75.1 Å². The van der Waals surface area contributed by atoms with Crippen LogP contribution in [0.2, 0.25) is 0 Å². The van der Waals surface area contributed by atoms with Crippen molar-refractivity contribution in [3.63, 3.8) is 0 Å². The van der Waals surface area contributed by atoms with E-state index in [1.54, 1.807) is 11.3 Å². The molecule has 0 aliphatic heterocycles. The maximum Gasteiger partial charge on any atom is 0.0701 e. The molecule has 1 atom stereocenters. The van der Waals surface area contributed by atoms with Crippen LogP contribution in [0.1, 0.15) is 21.5 Å². The fraction of sp³-hybridized carbons (Fsp3) is 0.167. The van der Waals surface area contributed by atoms with E-state index in [2.05, 4.69) is 94.2 Å². The first-order valence-corrected chi connectivity index (χ1v) is 9.00. The number of hydrogen-bond donors (Lipinski definition) is 0. The molecule has 1 aromatic heterocycles. The minimum Gasteiger partial charge on any atom is -0.136 e. The fourth-order valence-corrected chi connectivity index (χ4v) is 4.87. The second-order valence-corrected chi connectivity index (χ2v) is 8.58. The van der Waals surface area contributed by atoms with Crippen molar-refractivity contribution in [2.75, 3.05) is 0 Å². The second-order valence-electron chi connectivity index (χ2n) is 3.67. The molecule has 5 heteroatoms. The maximum absolute atomic E-state index is 3.75. The van der Waals surface area contributed by atoms with Crippen molar-refractivity contribution >= 4 is 75.1 Å². The van der Waals surface area contributed by atoms with Crippen LogP contribution in [0.15, 0.2) is 36.3 Å². The molecule has 0 fully saturated rings. The number of benzene rings is 1. The monoisotopic (exact) mass is 500 g/mol. The molecule has 2 aromatic rings. The van der Waals surface area contributed by atoms with Gasteiger partial charge in [0, 0.05) is 8.95 Å². The van der Waals surface area contributed by atoms with Crippen LogP contribution in [0.4, 0.5) is 0 Å². The summed E-state index contributed by atoms with van der Waals surface area (Å²) in [4.78, 5) is 0.205. The summed E-state index contributed by atoms with van der Waals surface area (Å²) in [7, 11) is 0. The molecule has 0 N–H and O–H groups in total. The lowest BCUT2D eigenvalue weighted by Gasteiger charge is -2.13. The highest BCUT2D eigenvalue weighted by Crippen LogP contribution is 2.40. The zero-order valence-electron chi connectivity index (χ0n) is 8.81. The van der Waals surface area contributed by atoms with E-state index in [0.717, 1.165) is 12.7 Å². The molecule has 0 radical (unpaired) electrons. The molecule has 17 heavy (non-hydrogen) atoms. The average molecular weight is 504 g/mol. The van der Waals surface area contributed by atoms with Gasteiger partial charge in [-0.1, -0.05) is 47.8 Å². The van der Waals surface area contributed by atoms with E-state index in [1.807, 2.05) is 0 Å². The molecule has 0 bridgehead atoms.